The van der Waals surface area contributed by atoms with Crippen LogP contribution in [0.4, 0.5) is 11.8 Å². The lowest BCUT2D eigenvalue weighted by Gasteiger charge is -2.32. The van der Waals surface area contributed by atoms with E-state index in [-0.39, 0.29) is 0 Å². The first-order chi connectivity index (χ1) is 9.22. The second-order valence-corrected chi connectivity index (χ2v) is 5.60. The molecule has 2 rings (SSSR count). The van der Waals surface area contributed by atoms with Gasteiger partial charge in [-0.2, -0.15) is 4.98 Å². The van der Waals surface area contributed by atoms with Crippen molar-refractivity contribution >= 4 is 23.4 Å². The summed E-state index contributed by atoms with van der Waals surface area (Å²) in [6.07, 6.45) is 9.17. The molecule has 1 aromatic heterocycles. The number of halogens is 1. The Morgan fingerprint density at radius 1 is 1.37 bits per heavy atom. The van der Waals surface area contributed by atoms with Gasteiger partial charge in [-0.05, 0) is 19.3 Å². The molecular formula is C14H23ClN4. The quantitative estimate of drug-likeness (QED) is 0.894. The molecule has 1 aliphatic rings. The van der Waals surface area contributed by atoms with Crippen molar-refractivity contribution in [1.29, 1.82) is 0 Å². The maximum atomic E-state index is 6.25. The van der Waals surface area contributed by atoms with Crippen molar-refractivity contribution in [3.05, 3.63) is 11.2 Å². The number of anilines is 2. The maximum absolute atomic E-state index is 6.25. The average molecular weight is 283 g/mol. The highest BCUT2D eigenvalue weighted by atomic mass is 35.5. The topological polar surface area (TPSA) is 41.1 Å². The van der Waals surface area contributed by atoms with E-state index in [4.69, 9.17) is 11.6 Å². The maximum Gasteiger partial charge on any atom is 0.224 e. The molecule has 0 bridgehead atoms. The zero-order valence-corrected chi connectivity index (χ0v) is 12.6. The minimum absolute atomic E-state index is 0.556. The average Bonchev–Trinajstić information content (AvgIpc) is 2.46. The van der Waals surface area contributed by atoms with Crippen LogP contribution in [0.3, 0.4) is 0 Å². The lowest BCUT2D eigenvalue weighted by atomic mass is 9.94. The van der Waals surface area contributed by atoms with Gasteiger partial charge in [0.25, 0.3) is 0 Å². The molecule has 0 aromatic carbocycles. The van der Waals surface area contributed by atoms with E-state index in [2.05, 4.69) is 34.2 Å². The Kier molecular flexibility index (Phi) is 5.25. The molecule has 5 heteroatoms. The molecule has 0 spiro atoms. The lowest BCUT2D eigenvalue weighted by molar-refractivity contribution is 0.426. The van der Waals surface area contributed by atoms with Crippen LogP contribution in [0.1, 0.15) is 45.4 Å². The van der Waals surface area contributed by atoms with Gasteiger partial charge >= 0.3 is 0 Å². The van der Waals surface area contributed by atoms with Crippen LogP contribution >= 0.6 is 11.6 Å². The van der Waals surface area contributed by atoms with E-state index in [9.17, 15) is 0 Å². The summed E-state index contributed by atoms with van der Waals surface area (Å²) in [6, 6.07) is 0.556. The van der Waals surface area contributed by atoms with Gasteiger partial charge in [0.05, 0.1) is 6.20 Å². The molecule has 0 aliphatic heterocycles. The summed E-state index contributed by atoms with van der Waals surface area (Å²) in [6.45, 7) is 3.01. The minimum atomic E-state index is 0.556. The number of rotatable bonds is 5. The zero-order valence-electron chi connectivity index (χ0n) is 11.8. The van der Waals surface area contributed by atoms with E-state index in [1.807, 2.05) is 0 Å². The zero-order chi connectivity index (χ0) is 13.7. The molecule has 19 heavy (non-hydrogen) atoms. The lowest BCUT2D eigenvalue weighted by Crippen LogP contribution is -2.34. The van der Waals surface area contributed by atoms with Crippen molar-refractivity contribution in [3.63, 3.8) is 0 Å². The van der Waals surface area contributed by atoms with E-state index in [1.54, 1.807) is 6.20 Å². The highest BCUT2D eigenvalue weighted by Crippen LogP contribution is 2.29. The molecule has 4 nitrogen and oxygen atoms in total. The molecule has 1 saturated carbocycles. The summed E-state index contributed by atoms with van der Waals surface area (Å²) < 4.78 is 0. The Labute approximate surface area is 120 Å². The van der Waals surface area contributed by atoms with Crippen LogP contribution in [-0.2, 0) is 0 Å². The molecule has 0 radical (unpaired) electrons. The van der Waals surface area contributed by atoms with Gasteiger partial charge in [-0.3, -0.25) is 0 Å². The molecule has 1 aliphatic carbocycles. The van der Waals surface area contributed by atoms with Crippen molar-refractivity contribution in [2.45, 2.75) is 51.5 Å². The van der Waals surface area contributed by atoms with Crippen molar-refractivity contribution in [1.82, 2.24) is 9.97 Å². The van der Waals surface area contributed by atoms with Gasteiger partial charge in [0.15, 0.2) is 5.82 Å². The summed E-state index contributed by atoms with van der Waals surface area (Å²) in [5, 5.41) is 3.85. The molecule has 106 valence electrons. The molecule has 1 fully saturated rings. The monoisotopic (exact) mass is 282 g/mol. The predicted octanol–water partition coefficient (Wildman–Crippen LogP) is 3.72. The van der Waals surface area contributed by atoms with E-state index in [1.165, 1.54) is 32.1 Å². The van der Waals surface area contributed by atoms with Gasteiger partial charge in [-0.15, -0.1) is 0 Å². The van der Waals surface area contributed by atoms with Crippen LogP contribution in [0.5, 0.6) is 0 Å². The highest BCUT2D eigenvalue weighted by molar-refractivity contribution is 6.32. The van der Waals surface area contributed by atoms with E-state index < -0.39 is 0 Å². The number of nitrogens with one attached hydrogen (secondary N) is 1. The van der Waals surface area contributed by atoms with Crippen molar-refractivity contribution in [2.24, 2.45) is 0 Å². The van der Waals surface area contributed by atoms with Crippen molar-refractivity contribution < 1.29 is 0 Å². The summed E-state index contributed by atoms with van der Waals surface area (Å²) in [7, 11) is 2.09. The Bertz CT molecular complexity index is 404. The summed E-state index contributed by atoms with van der Waals surface area (Å²) in [5.74, 6) is 1.52. The number of nitrogens with zero attached hydrogens (tertiary/aromatic N) is 3. The van der Waals surface area contributed by atoms with Crippen LogP contribution in [0, 0.1) is 0 Å². The number of hydrogen-bond donors (Lipinski definition) is 1. The number of aromatic nitrogens is 2. The van der Waals surface area contributed by atoms with Crippen molar-refractivity contribution in [3.8, 4) is 0 Å². The minimum Gasteiger partial charge on any atom is -0.355 e. The van der Waals surface area contributed by atoms with Gasteiger partial charge in [0.2, 0.25) is 5.95 Å². The van der Waals surface area contributed by atoms with Gasteiger partial charge in [0.1, 0.15) is 5.02 Å². The summed E-state index contributed by atoms with van der Waals surface area (Å²) in [4.78, 5) is 11.0. The Balaban J connectivity index is 2.12. The first kappa shape index (κ1) is 14.4. The SMILES string of the molecule is CCCNc1ncc(Cl)c(N(C)C2CCCCC2)n1. The predicted molar refractivity (Wildman–Crippen MR) is 81.1 cm³/mol. The Hall–Kier alpha value is -1.03. The second-order valence-electron chi connectivity index (χ2n) is 5.19. The van der Waals surface area contributed by atoms with Gasteiger partial charge in [-0.1, -0.05) is 37.8 Å². The van der Waals surface area contributed by atoms with Gasteiger partial charge < -0.3 is 10.2 Å². The van der Waals surface area contributed by atoms with Crippen LogP contribution in [-0.4, -0.2) is 29.6 Å². The third kappa shape index (κ3) is 3.72. The van der Waals surface area contributed by atoms with Gasteiger partial charge in [0, 0.05) is 19.6 Å². The summed E-state index contributed by atoms with van der Waals surface area (Å²) >= 11 is 6.25. The molecule has 1 N–H and O–H groups in total. The van der Waals surface area contributed by atoms with E-state index in [0.29, 0.717) is 17.0 Å². The fourth-order valence-corrected chi connectivity index (χ4v) is 2.79. The molecule has 1 heterocycles. The molecule has 0 amide bonds. The Morgan fingerprint density at radius 2 is 2.11 bits per heavy atom. The second kappa shape index (κ2) is 6.94. The number of hydrogen-bond acceptors (Lipinski definition) is 4. The van der Waals surface area contributed by atoms with Crippen LogP contribution in [0.15, 0.2) is 6.20 Å². The summed E-state index contributed by atoms with van der Waals surface area (Å²) in [5.41, 5.74) is 0. The normalized spacial score (nSPS) is 16.4. The van der Waals surface area contributed by atoms with Crippen LogP contribution in [0.2, 0.25) is 5.02 Å². The standard InChI is InChI=1S/C14H23ClN4/c1-3-9-16-14-17-10-12(15)13(18-14)19(2)11-7-5-4-6-8-11/h10-11H,3-9H2,1-2H3,(H,16,17,18). The fraction of sp³-hybridized carbons (Fsp3) is 0.714. The highest BCUT2D eigenvalue weighted by Gasteiger charge is 2.21. The molecule has 0 unspecified atom stereocenters. The van der Waals surface area contributed by atoms with Crippen LogP contribution < -0.4 is 10.2 Å². The smallest absolute Gasteiger partial charge is 0.224 e. The van der Waals surface area contributed by atoms with E-state index >= 15 is 0 Å². The Morgan fingerprint density at radius 3 is 2.79 bits per heavy atom. The molecular weight excluding hydrogens is 260 g/mol. The van der Waals surface area contributed by atoms with E-state index in [0.717, 1.165) is 18.8 Å². The first-order valence-corrected chi connectivity index (χ1v) is 7.59. The molecule has 1 aromatic rings. The van der Waals surface area contributed by atoms with Crippen molar-refractivity contribution in [2.75, 3.05) is 23.8 Å². The largest absolute Gasteiger partial charge is 0.355 e. The fourth-order valence-electron chi connectivity index (χ4n) is 2.57. The first-order valence-electron chi connectivity index (χ1n) is 7.21. The van der Waals surface area contributed by atoms with Crippen LogP contribution in [0.25, 0.3) is 0 Å². The molecule has 0 atom stereocenters. The third-order valence-corrected chi connectivity index (χ3v) is 3.98. The van der Waals surface area contributed by atoms with Gasteiger partial charge in [-0.25, -0.2) is 4.98 Å². The molecule has 0 saturated heterocycles. The third-order valence-electron chi connectivity index (χ3n) is 3.72.